The number of methoxy groups -OCH3 is 1. The molecule has 1 aliphatic rings. The van der Waals surface area contributed by atoms with Crippen LogP contribution in [-0.4, -0.2) is 36.1 Å². The second kappa shape index (κ2) is 5.73. The van der Waals surface area contributed by atoms with E-state index in [2.05, 4.69) is 10.1 Å². The van der Waals surface area contributed by atoms with E-state index in [4.69, 9.17) is 15.7 Å². The van der Waals surface area contributed by atoms with Gasteiger partial charge in [-0.3, -0.25) is 4.90 Å². The molecule has 0 bridgehead atoms. The SMILES string of the molecule is COc1ccc(/C(N)=N/O)cc1CN1CCCC1. The first-order chi connectivity index (χ1) is 8.74. The first-order valence-electron chi connectivity index (χ1n) is 6.11. The van der Waals surface area contributed by atoms with E-state index in [9.17, 15) is 0 Å². The fraction of sp³-hybridized carbons (Fsp3) is 0.462. The van der Waals surface area contributed by atoms with Gasteiger partial charge in [-0.05, 0) is 44.1 Å². The van der Waals surface area contributed by atoms with Crippen LogP contribution in [0, 0.1) is 0 Å². The van der Waals surface area contributed by atoms with Crippen LogP contribution in [0.3, 0.4) is 0 Å². The molecule has 18 heavy (non-hydrogen) atoms. The van der Waals surface area contributed by atoms with Crippen molar-refractivity contribution in [1.29, 1.82) is 0 Å². The van der Waals surface area contributed by atoms with Gasteiger partial charge in [-0.25, -0.2) is 0 Å². The standard InChI is InChI=1S/C13H19N3O2/c1-18-12-5-4-10(13(14)15-17)8-11(12)9-16-6-2-3-7-16/h4-5,8,17H,2-3,6-7,9H2,1H3,(H2,14,15). The summed E-state index contributed by atoms with van der Waals surface area (Å²) in [7, 11) is 1.66. The molecule has 1 heterocycles. The van der Waals surface area contributed by atoms with Gasteiger partial charge in [-0.15, -0.1) is 0 Å². The molecule has 1 aromatic rings. The molecule has 1 fully saturated rings. The van der Waals surface area contributed by atoms with Crippen LogP contribution < -0.4 is 10.5 Å². The molecule has 0 aromatic heterocycles. The van der Waals surface area contributed by atoms with Gasteiger partial charge < -0.3 is 15.7 Å². The molecule has 0 atom stereocenters. The smallest absolute Gasteiger partial charge is 0.170 e. The highest BCUT2D eigenvalue weighted by molar-refractivity contribution is 5.97. The predicted molar refractivity (Wildman–Crippen MR) is 70.0 cm³/mol. The monoisotopic (exact) mass is 249 g/mol. The summed E-state index contributed by atoms with van der Waals surface area (Å²) in [5.74, 6) is 0.969. The highest BCUT2D eigenvalue weighted by Gasteiger charge is 2.15. The highest BCUT2D eigenvalue weighted by atomic mass is 16.5. The zero-order valence-electron chi connectivity index (χ0n) is 10.6. The summed E-state index contributed by atoms with van der Waals surface area (Å²) in [6, 6.07) is 5.58. The summed E-state index contributed by atoms with van der Waals surface area (Å²) in [4.78, 5) is 2.38. The van der Waals surface area contributed by atoms with Crippen LogP contribution in [0.4, 0.5) is 0 Å². The van der Waals surface area contributed by atoms with Crippen LogP contribution in [0.25, 0.3) is 0 Å². The lowest BCUT2D eigenvalue weighted by atomic mass is 10.1. The lowest BCUT2D eigenvalue weighted by Crippen LogP contribution is -2.20. The van der Waals surface area contributed by atoms with Gasteiger partial charge in [-0.1, -0.05) is 5.16 Å². The van der Waals surface area contributed by atoms with Crippen LogP contribution in [0.2, 0.25) is 0 Å². The number of hydrogen-bond donors (Lipinski definition) is 2. The Labute approximate surface area is 107 Å². The molecule has 0 amide bonds. The average molecular weight is 249 g/mol. The third-order valence-corrected chi connectivity index (χ3v) is 3.28. The molecule has 0 saturated carbocycles. The normalized spacial score (nSPS) is 17.1. The third kappa shape index (κ3) is 2.73. The molecule has 1 aromatic carbocycles. The molecule has 0 radical (unpaired) electrons. The first kappa shape index (κ1) is 12.7. The lowest BCUT2D eigenvalue weighted by Gasteiger charge is -2.17. The van der Waals surface area contributed by atoms with Gasteiger partial charge in [0.05, 0.1) is 7.11 Å². The maximum atomic E-state index is 8.71. The summed E-state index contributed by atoms with van der Waals surface area (Å²) in [6.07, 6.45) is 2.50. The van der Waals surface area contributed by atoms with Gasteiger partial charge in [0.25, 0.3) is 0 Å². The van der Waals surface area contributed by atoms with Crippen molar-refractivity contribution in [3.05, 3.63) is 29.3 Å². The van der Waals surface area contributed by atoms with E-state index in [1.807, 2.05) is 12.1 Å². The molecule has 98 valence electrons. The predicted octanol–water partition coefficient (Wildman–Crippen LogP) is 1.39. The van der Waals surface area contributed by atoms with Crippen molar-refractivity contribution in [3.63, 3.8) is 0 Å². The van der Waals surface area contributed by atoms with E-state index >= 15 is 0 Å². The molecule has 0 spiro atoms. The van der Waals surface area contributed by atoms with E-state index in [0.29, 0.717) is 5.56 Å². The van der Waals surface area contributed by atoms with E-state index in [-0.39, 0.29) is 5.84 Å². The maximum absolute atomic E-state index is 8.71. The Bertz CT molecular complexity index is 440. The summed E-state index contributed by atoms with van der Waals surface area (Å²) in [5.41, 5.74) is 7.40. The van der Waals surface area contributed by atoms with Crippen LogP contribution in [-0.2, 0) is 6.54 Å². The summed E-state index contributed by atoms with van der Waals surface area (Å²) < 4.78 is 5.35. The van der Waals surface area contributed by atoms with Crippen molar-refractivity contribution in [2.75, 3.05) is 20.2 Å². The third-order valence-electron chi connectivity index (χ3n) is 3.28. The molecule has 5 nitrogen and oxygen atoms in total. The topological polar surface area (TPSA) is 71.1 Å². The molecular weight excluding hydrogens is 230 g/mol. The Kier molecular flexibility index (Phi) is 4.04. The van der Waals surface area contributed by atoms with E-state index in [1.165, 1.54) is 12.8 Å². The number of nitrogens with two attached hydrogens (primary N) is 1. The zero-order chi connectivity index (χ0) is 13.0. The number of nitrogens with zero attached hydrogens (tertiary/aromatic N) is 2. The molecule has 0 unspecified atom stereocenters. The fourth-order valence-corrected chi connectivity index (χ4v) is 2.30. The maximum Gasteiger partial charge on any atom is 0.170 e. The molecular formula is C13H19N3O2. The van der Waals surface area contributed by atoms with Crippen LogP contribution in [0.15, 0.2) is 23.4 Å². The average Bonchev–Trinajstić information content (AvgIpc) is 2.90. The minimum atomic E-state index is 0.125. The van der Waals surface area contributed by atoms with Gasteiger partial charge in [0, 0.05) is 17.7 Å². The van der Waals surface area contributed by atoms with Crippen LogP contribution in [0.5, 0.6) is 5.75 Å². The van der Waals surface area contributed by atoms with E-state index < -0.39 is 0 Å². The van der Waals surface area contributed by atoms with Gasteiger partial charge in [0.1, 0.15) is 5.75 Å². The number of amidine groups is 1. The van der Waals surface area contributed by atoms with Crippen molar-refractivity contribution >= 4 is 5.84 Å². The summed E-state index contributed by atoms with van der Waals surface area (Å²) >= 11 is 0. The van der Waals surface area contributed by atoms with Gasteiger partial charge in [0.2, 0.25) is 0 Å². The van der Waals surface area contributed by atoms with Crippen molar-refractivity contribution in [2.45, 2.75) is 19.4 Å². The molecule has 5 heteroatoms. The number of benzene rings is 1. The summed E-state index contributed by atoms with van der Waals surface area (Å²) in [5, 5.41) is 11.7. The van der Waals surface area contributed by atoms with Crippen molar-refractivity contribution < 1.29 is 9.94 Å². The van der Waals surface area contributed by atoms with Crippen molar-refractivity contribution in [1.82, 2.24) is 4.90 Å². The Balaban J connectivity index is 2.24. The molecule has 2 rings (SSSR count). The van der Waals surface area contributed by atoms with Gasteiger partial charge >= 0.3 is 0 Å². The Morgan fingerprint density at radius 2 is 2.17 bits per heavy atom. The first-order valence-corrected chi connectivity index (χ1v) is 6.11. The molecule has 0 aliphatic carbocycles. The number of hydrogen-bond acceptors (Lipinski definition) is 4. The van der Waals surface area contributed by atoms with Gasteiger partial charge in [0.15, 0.2) is 5.84 Å². The minimum absolute atomic E-state index is 0.125. The highest BCUT2D eigenvalue weighted by Crippen LogP contribution is 2.23. The zero-order valence-corrected chi connectivity index (χ0v) is 10.6. The van der Waals surface area contributed by atoms with Crippen LogP contribution >= 0.6 is 0 Å². The quantitative estimate of drug-likeness (QED) is 0.366. The molecule has 1 saturated heterocycles. The second-order valence-corrected chi connectivity index (χ2v) is 4.50. The Hall–Kier alpha value is -1.75. The number of likely N-dealkylation sites (tertiary alicyclic amines) is 1. The number of oxime groups is 1. The van der Waals surface area contributed by atoms with Crippen molar-refractivity contribution in [2.24, 2.45) is 10.9 Å². The Morgan fingerprint density at radius 1 is 1.44 bits per heavy atom. The minimum Gasteiger partial charge on any atom is -0.496 e. The molecule has 1 aliphatic heterocycles. The van der Waals surface area contributed by atoms with E-state index in [1.54, 1.807) is 13.2 Å². The van der Waals surface area contributed by atoms with Gasteiger partial charge in [-0.2, -0.15) is 0 Å². The second-order valence-electron chi connectivity index (χ2n) is 4.50. The lowest BCUT2D eigenvalue weighted by molar-refractivity contribution is 0.318. The molecule has 3 N–H and O–H groups in total. The Morgan fingerprint density at radius 3 is 2.78 bits per heavy atom. The van der Waals surface area contributed by atoms with Crippen molar-refractivity contribution in [3.8, 4) is 5.75 Å². The summed E-state index contributed by atoms with van der Waals surface area (Å²) in [6.45, 7) is 3.09. The number of rotatable bonds is 4. The van der Waals surface area contributed by atoms with Crippen LogP contribution in [0.1, 0.15) is 24.0 Å². The van der Waals surface area contributed by atoms with E-state index in [0.717, 1.165) is 30.9 Å². The fourth-order valence-electron chi connectivity index (χ4n) is 2.30. The largest absolute Gasteiger partial charge is 0.496 e. The number of ether oxygens (including phenoxy) is 1.